The lowest BCUT2D eigenvalue weighted by Crippen LogP contribution is -2.25. The predicted molar refractivity (Wildman–Crippen MR) is 109 cm³/mol. The van der Waals surface area contributed by atoms with Gasteiger partial charge in [0.15, 0.2) is 0 Å². The molecule has 2 nitrogen and oxygen atoms in total. The van der Waals surface area contributed by atoms with Crippen LogP contribution in [0.15, 0.2) is 0 Å². The van der Waals surface area contributed by atoms with Crippen LogP contribution in [-0.4, -0.2) is 57.1 Å². The molecule has 0 bridgehead atoms. The van der Waals surface area contributed by atoms with E-state index in [9.17, 15) is 0 Å². The van der Waals surface area contributed by atoms with Crippen molar-refractivity contribution in [3.05, 3.63) is 0 Å². The molecule has 1 rings (SSSR count). The van der Waals surface area contributed by atoms with Gasteiger partial charge >= 0.3 is 0 Å². The monoisotopic (exact) mass is 386 g/mol. The maximum atomic E-state index is 5.35. The minimum atomic E-state index is 0.675. The van der Waals surface area contributed by atoms with Crippen molar-refractivity contribution >= 4 is 76.3 Å². The quantitative estimate of drug-likeness (QED) is 0.498. The number of hydrogen-bond donors (Lipinski definition) is 0. The molecule has 2 atom stereocenters. The molecule has 0 radical (unpaired) electrons. The van der Waals surface area contributed by atoms with Crippen LogP contribution < -0.4 is 0 Å². The minimum absolute atomic E-state index is 0.675. The molecule has 116 valence electrons. The summed E-state index contributed by atoms with van der Waals surface area (Å²) in [5.74, 6) is 0. The molecular formula is C12H22N2S6. The fraction of sp³-hybridized carbons (Fsp3) is 0.833. The van der Waals surface area contributed by atoms with Gasteiger partial charge in [-0.1, -0.05) is 58.9 Å². The topological polar surface area (TPSA) is 6.48 Å². The number of hydrogen-bond acceptors (Lipinski definition) is 6. The first-order valence-electron chi connectivity index (χ1n) is 6.51. The van der Waals surface area contributed by atoms with E-state index in [1.807, 2.05) is 59.6 Å². The first kappa shape index (κ1) is 19.2. The van der Waals surface area contributed by atoms with Gasteiger partial charge in [-0.3, -0.25) is 0 Å². The summed E-state index contributed by atoms with van der Waals surface area (Å²) in [5, 5.41) is 1.35. The van der Waals surface area contributed by atoms with E-state index in [1.54, 1.807) is 21.6 Å². The van der Waals surface area contributed by atoms with E-state index in [1.165, 1.54) is 25.7 Å². The molecule has 0 heterocycles. The first-order chi connectivity index (χ1) is 9.41. The highest BCUT2D eigenvalue weighted by Crippen LogP contribution is 2.45. The van der Waals surface area contributed by atoms with Crippen LogP contribution in [0.4, 0.5) is 0 Å². The van der Waals surface area contributed by atoms with Crippen molar-refractivity contribution in [2.75, 3.05) is 28.2 Å². The van der Waals surface area contributed by atoms with E-state index in [-0.39, 0.29) is 0 Å². The third kappa shape index (κ3) is 6.96. The minimum Gasteiger partial charge on any atom is -0.363 e. The summed E-state index contributed by atoms with van der Waals surface area (Å²) in [5.41, 5.74) is 0. The molecular weight excluding hydrogens is 365 g/mol. The Morgan fingerprint density at radius 2 is 1.15 bits per heavy atom. The highest BCUT2D eigenvalue weighted by Gasteiger charge is 2.27. The third-order valence-corrected chi connectivity index (χ3v) is 10.7. The summed E-state index contributed by atoms with van der Waals surface area (Å²) >= 11 is 10.7. The average Bonchev–Trinajstić information content (AvgIpc) is 2.42. The van der Waals surface area contributed by atoms with Gasteiger partial charge < -0.3 is 9.80 Å². The second kappa shape index (κ2) is 10.0. The Labute approximate surface area is 149 Å². The van der Waals surface area contributed by atoms with Gasteiger partial charge in [0.25, 0.3) is 0 Å². The fourth-order valence-electron chi connectivity index (χ4n) is 1.64. The van der Waals surface area contributed by atoms with Crippen molar-refractivity contribution in [3.63, 3.8) is 0 Å². The maximum Gasteiger partial charge on any atom is 0.146 e. The van der Waals surface area contributed by atoms with Crippen LogP contribution in [0.5, 0.6) is 0 Å². The highest BCUT2D eigenvalue weighted by molar-refractivity contribution is 8.85. The van der Waals surface area contributed by atoms with Crippen molar-refractivity contribution < 1.29 is 0 Å². The van der Waals surface area contributed by atoms with Crippen LogP contribution in [0.1, 0.15) is 25.7 Å². The normalized spacial score (nSPS) is 22.4. The van der Waals surface area contributed by atoms with Crippen molar-refractivity contribution in [2.45, 2.75) is 36.2 Å². The Morgan fingerprint density at radius 1 is 0.800 bits per heavy atom. The van der Waals surface area contributed by atoms with Crippen LogP contribution >= 0.6 is 67.6 Å². The lowest BCUT2D eigenvalue weighted by Gasteiger charge is -2.30. The average molecular weight is 387 g/mol. The Kier molecular flexibility index (Phi) is 9.66. The van der Waals surface area contributed by atoms with Crippen LogP contribution in [0, 0.1) is 0 Å². The summed E-state index contributed by atoms with van der Waals surface area (Å²) in [7, 11) is 15.4. The van der Waals surface area contributed by atoms with Gasteiger partial charge in [0, 0.05) is 38.7 Å². The zero-order valence-corrected chi connectivity index (χ0v) is 17.2. The largest absolute Gasteiger partial charge is 0.363 e. The first-order valence-corrected chi connectivity index (χ1v) is 11.7. The molecule has 0 aromatic carbocycles. The van der Waals surface area contributed by atoms with Gasteiger partial charge in [0.05, 0.1) is 0 Å². The molecule has 1 aliphatic rings. The van der Waals surface area contributed by atoms with Crippen molar-refractivity contribution in [2.24, 2.45) is 0 Å². The van der Waals surface area contributed by atoms with Gasteiger partial charge in [-0.05, 0) is 34.4 Å². The van der Waals surface area contributed by atoms with E-state index in [2.05, 4.69) is 0 Å². The Hall–Kier alpha value is 1.18. The standard InChI is InChI=1S/C12H22N2S6/c1-13(2)11(15)19-17-9-7-5-6-8-10(9)18-20-12(16)14(3)4/h9-10H,5-8H2,1-4H3. The molecule has 0 saturated heterocycles. The van der Waals surface area contributed by atoms with Gasteiger partial charge in [0.2, 0.25) is 0 Å². The Bertz CT molecular complexity index is 302. The SMILES string of the molecule is CN(C)C(=S)SSC1CCCCC1SSC(=S)N(C)C. The van der Waals surface area contributed by atoms with E-state index < -0.39 is 0 Å². The van der Waals surface area contributed by atoms with E-state index in [0.29, 0.717) is 10.5 Å². The summed E-state index contributed by atoms with van der Waals surface area (Å²) in [4.78, 5) is 4.02. The summed E-state index contributed by atoms with van der Waals surface area (Å²) < 4.78 is 1.92. The van der Waals surface area contributed by atoms with Crippen LogP contribution in [0.25, 0.3) is 0 Å². The number of thiocarbonyl (C=S) groups is 2. The molecule has 0 N–H and O–H groups in total. The summed E-state index contributed by atoms with van der Waals surface area (Å²) in [6.07, 6.45) is 5.26. The maximum absolute atomic E-state index is 5.35. The zero-order valence-electron chi connectivity index (χ0n) is 12.3. The van der Waals surface area contributed by atoms with Gasteiger partial charge in [-0.15, -0.1) is 0 Å². The third-order valence-electron chi connectivity index (χ3n) is 2.86. The number of rotatable bonds is 4. The second-order valence-electron chi connectivity index (χ2n) is 5.04. The lowest BCUT2D eigenvalue weighted by molar-refractivity contribution is 0.531. The van der Waals surface area contributed by atoms with Crippen molar-refractivity contribution in [3.8, 4) is 0 Å². The number of nitrogens with zero attached hydrogens (tertiary/aromatic N) is 2. The molecule has 1 aliphatic carbocycles. The smallest absolute Gasteiger partial charge is 0.146 e. The van der Waals surface area contributed by atoms with Gasteiger partial charge in [0.1, 0.15) is 8.64 Å². The van der Waals surface area contributed by atoms with E-state index >= 15 is 0 Å². The molecule has 20 heavy (non-hydrogen) atoms. The highest BCUT2D eigenvalue weighted by atomic mass is 33.1. The van der Waals surface area contributed by atoms with Crippen molar-refractivity contribution in [1.29, 1.82) is 0 Å². The predicted octanol–water partition coefficient (Wildman–Crippen LogP) is 4.75. The van der Waals surface area contributed by atoms with Crippen LogP contribution in [0.3, 0.4) is 0 Å². The summed E-state index contributed by atoms with van der Waals surface area (Å²) in [6, 6.07) is 0. The lowest BCUT2D eigenvalue weighted by atomic mass is 10.00. The molecule has 2 unspecified atom stereocenters. The Balaban J connectivity index is 2.41. The molecule has 8 heteroatoms. The Morgan fingerprint density at radius 3 is 1.45 bits per heavy atom. The van der Waals surface area contributed by atoms with Gasteiger partial charge in [-0.25, -0.2) is 0 Å². The summed E-state index contributed by atoms with van der Waals surface area (Å²) in [6.45, 7) is 0. The van der Waals surface area contributed by atoms with Crippen LogP contribution in [-0.2, 0) is 0 Å². The second-order valence-corrected chi connectivity index (χ2v) is 11.2. The molecule has 1 fully saturated rings. The molecule has 0 spiro atoms. The molecule has 0 aliphatic heterocycles. The van der Waals surface area contributed by atoms with Crippen molar-refractivity contribution in [1.82, 2.24) is 9.80 Å². The zero-order chi connectivity index (χ0) is 15.1. The molecule has 0 aromatic rings. The molecule has 0 aromatic heterocycles. The molecule has 1 saturated carbocycles. The van der Waals surface area contributed by atoms with E-state index in [4.69, 9.17) is 24.4 Å². The van der Waals surface area contributed by atoms with Crippen LogP contribution in [0.2, 0.25) is 0 Å². The van der Waals surface area contributed by atoms with Gasteiger partial charge in [-0.2, -0.15) is 0 Å². The fourth-order valence-corrected chi connectivity index (χ4v) is 8.37. The van der Waals surface area contributed by atoms with E-state index in [0.717, 1.165) is 8.64 Å². The molecule has 0 amide bonds.